The van der Waals surface area contributed by atoms with Crippen LogP contribution >= 0.6 is 11.5 Å². The molecule has 96 valence electrons. The van der Waals surface area contributed by atoms with E-state index < -0.39 is 0 Å². The monoisotopic (exact) mass is 261 g/mol. The number of aryl methyl sites for hydroxylation is 1. The molecule has 1 aliphatic rings. The minimum atomic E-state index is 0. The molecule has 0 aliphatic heterocycles. The highest BCUT2D eigenvalue weighted by atomic mass is 32.1. The fourth-order valence-corrected chi connectivity index (χ4v) is 3.35. The highest BCUT2D eigenvalue weighted by molar-refractivity contribution is 7.16. The van der Waals surface area contributed by atoms with E-state index in [-0.39, 0.29) is 5.48 Å². The van der Waals surface area contributed by atoms with E-state index in [1.807, 2.05) is 11.5 Å². The molecule has 0 amide bonds. The van der Waals surface area contributed by atoms with Crippen LogP contribution in [0.5, 0.6) is 0 Å². The lowest BCUT2D eigenvalue weighted by Crippen LogP contribution is -2.04. The normalized spacial score (nSPS) is 18.7. The van der Waals surface area contributed by atoms with Crippen LogP contribution in [0.3, 0.4) is 0 Å². The molecule has 0 bridgehead atoms. The molecule has 0 spiro atoms. The largest absolute Gasteiger partial charge is 0.412 e. The van der Waals surface area contributed by atoms with Crippen LogP contribution in [0.2, 0.25) is 0 Å². The Bertz CT molecular complexity index is 576. The summed E-state index contributed by atoms with van der Waals surface area (Å²) in [5.41, 5.74) is 2.99. The van der Waals surface area contributed by atoms with Gasteiger partial charge in [0.05, 0.1) is 10.2 Å². The Morgan fingerprint density at radius 3 is 2.94 bits per heavy atom. The predicted molar refractivity (Wildman–Crippen MR) is 79.0 cm³/mol. The van der Waals surface area contributed by atoms with Crippen LogP contribution in [-0.2, 0) is 6.54 Å². The molecule has 1 aromatic carbocycles. The molecule has 0 saturated carbocycles. The Balaban J connectivity index is 0.00000120. The van der Waals surface area contributed by atoms with Crippen molar-refractivity contribution < 1.29 is 5.48 Å². The van der Waals surface area contributed by atoms with Crippen LogP contribution in [-0.4, -0.2) is 9.43 Å². The van der Waals surface area contributed by atoms with E-state index >= 15 is 0 Å². The van der Waals surface area contributed by atoms with Gasteiger partial charge in [-0.05, 0) is 30.9 Å². The molecule has 0 radical (unpaired) electrons. The average Bonchev–Trinajstić information content (AvgIpc) is 2.30. The van der Waals surface area contributed by atoms with Crippen LogP contribution in [0, 0.1) is 5.92 Å². The molecule has 1 heterocycles. The first kappa shape index (κ1) is 13.1. The Labute approximate surface area is 112 Å². The Morgan fingerprint density at radius 2 is 2.17 bits per heavy atom. The third kappa shape index (κ3) is 2.57. The van der Waals surface area contributed by atoms with Crippen molar-refractivity contribution in [3.8, 4) is 0 Å². The number of hydrogen-bond acceptors (Lipinski definition) is 1. The lowest BCUT2D eigenvalue weighted by Gasteiger charge is -2.18. The number of allylic oxidation sites excluding steroid dienone is 4. The molecule has 1 unspecified atom stereocenters. The van der Waals surface area contributed by atoms with Gasteiger partial charge in [0.15, 0.2) is 0 Å². The van der Waals surface area contributed by atoms with Crippen molar-refractivity contribution in [1.29, 1.82) is 0 Å². The molecule has 1 atom stereocenters. The van der Waals surface area contributed by atoms with Gasteiger partial charge in [0.25, 0.3) is 0 Å². The van der Waals surface area contributed by atoms with Gasteiger partial charge in [0.2, 0.25) is 0 Å². The first-order chi connectivity index (χ1) is 8.33. The minimum absolute atomic E-state index is 0. The highest BCUT2D eigenvalue weighted by Crippen LogP contribution is 2.27. The summed E-state index contributed by atoms with van der Waals surface area (Å²) in [6.45, 7) is 3.42. The maximum absolute atomic E-state index is 2.40. The quantitative estimate of drug-likeness (QED) is 0.806. The first-order valence-electron chi connectivity index (χ1n) is 6.24. The van der Waals surface area contributed by atoms with Crippen LogP contribution < -0.4 is 0 Å². The van der Waals surface area contributed by atoms with E-state index in [9.17, 15) is 0 Å². The number of nitrogens with zero attached hydrogens (tertiary/aromatic N) is 1. The van der Waals surface area contributed by atoms with Gasteiger partial charge >= 0.3 is 0 Å². The molecule has 3 rings (SSSR count). The maximum Gasteiger partial charge on any atom is 0.0695 e. The zero-order valence-corrected chi connectivity index (χ0v) is 11.4. The summed E-state index contributed by atoms with van der Waals surface area (Å²) in [6.07, 6.45) is 9.21. The van der Waals surface area contributed by atoms with Crippen LogP contribution in [0.25, 0.3) is 10.2 Å². The van der Waals surface area contributed by atoms with E-state index in [0.29, 0.717) is 5.92 Å². The molecular formula is C15H19NOS. The van der Waals surface area contributed by atoms with Crippen LogP contribution in [0.15, 0.2) is 48.1 Å². The van der Waals surface area contributed by atoms with E-state index in [4.69, 9.17) is 0 Å². The lowest BCUT2D eigenvalue weighted by atomic mass is 9.94. The first-order valence-corrected chi connectivity index (χ1v) is 7.01. The van der Waals surface area contributed by atoms with Gasteiger partial charge in [-0.3, -0.25) is 3.96 Å². The van der Waals surface area contributed by atoms with Crippen molar-refractivity contribution in [3.63, 3.8) is 0 Å². The maximum atomic E-state index is 2.40. The third-order valence-corrected chi connectivity index (χ3v) is 4.48. The molecule has 2 nitrogen and oxygen atoms in total. The van der Waals surface area contributed by atoms with E-state index in [1.54, 1.807) is 5.57 Å². The standard InChI is InChI=1S/C15H17NS.H2O/c1-12-5-4-6-13(11-12)9-10-16-14-7-2-3-8-15(14)17-16;/h2-8,12H,9-11H2,1H3;1H2. The fraction of sp³-hybridized carbons (Fsp3) is 0.333. The second kappa shape index (κ2) is 5.55. The molecule has 0 fully saturated rings. The summed E-state index contributed by atoms with van der Waals surface area (Å²) in [4.78, 5) is 0. The SMILES string of the molecule is CC1C=CC=C(CCn2sc3ccccc32)C1.O. The Hall–Kier alpha value is -1.32. The minimum Gasteiger partial charge on any atom is -0.412 e. The molecule has 2 N–H and O–H groups in total. The van der Waals surface area contributed by atoms with Gasteiger partial charge in [-0.15, -0.1) is 0 Å². The molecule has 2 aromatic rings. The zero-order chi connectivity index (χ0) is 11.7. The smallest absolute Gasteiger partial charge is 0.0695 e. The topological polar surface area (TPSA) is 36.4 Å². The number of fused-ring (bicyclic) bond motifs is 1. The fourth-order valence-electron chi connectivity index (χ4n) is 2.40. The van der Waals surface area contributed by atoms with Crippen LogP contribution in [0.4, 0.5) is 0 Å². The number of hydrogen-bond donors (Lipinski definition) is 0. The molecule has 18 heavy (non-hydrogen) atoms. The lowest BCUT2D eigenvalue weighted by molar-refractivity contribution is 0.651. The van der Waals surface area contributed by atoms with E-state index in [1.165, 1.54) is 23.1 Å². The predicted octanol–water partition coefficient (Wildman–Crippen LogP) is 3.79. The number of rotatable bonds is 3. The number of benzene rings is 1. The second-order valence-electron chi connectivity index (χ2n) is 4.80. The highest BCUT2D eigenvalue weighted by Gasteiger charge is 2.09. The summed E-state index contributed by atoms with van der Waals surface area (Å²) in [5, 5.41) is 0. The van der Waals surface area contributed by atoms with Crippen molar-refractivity contribution in [3.05, 3.63) is 48.1 Å². The summed E-state index contributed by atoms with van der Waals surface area (Å²) < 4.78 is 3.82. The number of para-hydroxylation sites is 1. The average molecular weight is 261 g/mol. The Morgan fingerprint density at radius 1 is 1.33 bits per heavy atom. The van der Waals surface area contributed by atoms with Gasteiger partial charge in [0, 0.05) is 6.54 Å². The van der Waals surface area contributed by atoms with Gasteiger partial charge in [-0.25, -0.2) is 0 Å². The molecule has 3 heteroatoms. The summed E-state index contributed by atoms with van der Waals surface area (Å²) >= 11 is 1.88. The summed E-state index contributed by atoms with van der Waals surface area (Å²) in [6, 6.07) is 8.64. The molecule has 1 aromatic heterocycles. The van der Waals surface area contributed by atoms with Crippen molar-refractivity contribution in [2.45, 2.75) is 26.3 Å². The summed E-state index contributed by atoms with van der Waals surface area (Å²) in [5.74, 6) is 0.714. The van der Waals surface area contributed by atoms with Crippen molar-refractivity contribution >= 4 is 21.7 Å². The second-order valence-corrected chi connectivity index (χ2v) is 5.87. The van der Waals surface area contributed by atoms with Gasteiger partial charge in [-0.2, -0.15) is 0 Å². The van der Waals surface area contributed by atoms with Gasteiger partial charge in [-0.1, -0.05) is 54.4 Å². The van der Waals surface area contributed by atoms with Crippen molar-refractivity contribution in [2.24, 2.45) is 5.92 Å². The van der Waals surface area contributed by atoms with Crippen molar-refractivity contribution in [1.82, 2.24) is 3.96 Å². The molecule has 1 aliphatic carbocycles. The zero-order valence-electron chi connectivity index (χ0n) is 10.6. The Kier molecular flexibility index (Phi) is 4.04. The molecular weight excluding hydrogens is 242 g/mol. The van der Waals surface area contributed by atoms with Gasteiger partial charge in [0.1, 0.15) is 0 Å². The number of aromatic nitrogens is 1. The van der Waals surface area contributed by atoms with E-state index in [2.05, 4.69) is 53.4 Å². The van der Waals surface area contributed by atoms with Crippen LogP contribution in [0.1, 0.15) is 19.8 Å². The van der Waals surface area contributed by atoms with Gasteiger partial charge < -0.3 is 5.48 Å². The third-order valence-electron chi connectivity index (χ3n) is 3.33. The van der Waals surface area contributed by atoms with Crippen molar-refractivity contribution in [2.75, 3.05) is 0 Å². The summed E-state index contributed by atoms with van der Waals surface area (Å²) in [7, 11) is 0. The van der Waals surface area contributed by atoms with E-state index in [0.717, 1.165) is 6.54 Å². The molecule has 0 saturated heterocycles.